The van der Waals surface area contributed by atoms with Crippen molar-refractivity contribution in [1.82, 2.24) is 4.90 Å². The predicted molar refractivity (Wildman–Crippen MR) is 69.8 cm³/mol. The zero-order valence-corrected chi connectivity index (χ0v) is 11.1. The predicted octanol–water partition coefficient (Wildman–Crippen LogP) is 3.90. The first-order valence-corrected chi connectivity index (χ1v) is 6.69. The summed E-state index contributed by atoms with van der Waals surface area (Å²) in [6, 6.07) is 8.68. The first-order valence-electron chi connectivity index (χ1n) is 6.69. The molecule has 0 amide bonds. The van der Waals surface area contributed by atoms with Crippen LogP contribution in [0.2, 0.25) is 0 Å². The molecule has 0 bridgehead atoms. The van der Waals surface area contributed by atoms with Crippen LogP contribution in [0.5, 0.6) is 0 Å². The molecular formula is C15H21F2N. The minimum Gasteiger partial charge on any atom is -0.301 e. The van der Waals surface area contributed by atoms with Crippen LogP contribution in [0, 0.1) is 5.92 Å². The number of benzene rings is 1. The van der Waals surface area contributed by atoms with Crippen LogP contribution >= 0.6 is 0 Å². The summed E-state index contributed by atoms with van der Waals surface area (Å²) >= 11 is 0. The fraction of sp³-hybridized carbons (Fsp3) is 0.600. The van der Waals surface area contributed by atoms with Crippen LogP contribution < -0.4 is 0 Å². The molecule has 100 valence electrons. The maximum absolute atomic E-state index is 14.4. The largest absolute Gasteiger partial charge is 0.301 e. The molecule has 0 radical (unpaired) electrons. The monoisotopic (exact) mass is 253 g/mol. The molecule has 0 N–H and O–H groups in total. The van der Waals surface area contributed by atoms with Crippen LogP contribution in [0.1, 0.15) is 32.3 Å². The van der Waals surface area contributed by atoms with Crippen LogP contribution in [0.4, 0.5) is 8.78 Å². The van der Waals surface area contributed by atoms with Gasteiger partial charge in [0, 0.05) is 17.5 Å². The van der Waals surface area contributed by atoms with E-state index in [1.807, 2.05) is 0 Å². The highest BCUT2D eigenvalue weighted by Gasteiger charge is 2.42. The molecule has 1 heterocycles. The Labute approximate surface area is 108 Å². The van der Waals surface area contributed by atoms with E-state index in [-0.39, 0.29) is 5.56 Å². The second-order valence-corrected chi connectivity index (χ2v) is 5.39. The Balaban J connectivity index is 2.05. The van der Waals surface area contributed by atoms with Gasteiger partial charge in [-0.2, -0.15) is 0 Å². The van der Waals surface area contributed by atoms with Gasteiger partial charge in [-0.05, 0) is 39.8 Å². The van der Waals surface area contributed by atoms with Crippen molar-refractivity contribution in [3.63, 3.8) is 0 Å². The number of likely N-dealkylation sites (tertiary alicyclic amines) is 1. The highest BCUT2D eigenvalue weighted by molar-refractivity contribution is 5.21. The second kappa shape index (κ2) is 5.35. The van der Waals surface area contributed by atoms with Gasteiger partial charge in [-0.15, -0.1) is 0 Å². The molecule has 0 aromatic heterocycles. The molecule has 0 unspecified atom stereocenters. The quantitative estimate of drug-likeness (QED) is 0.789. The Morgan fingerprint density at radius 2 is 1.67 bits per heavy atom. The zero-order chi connectivity index (χ0) is 13.2. The van der Waals surface area contributed by atoms with Crippen molar-refractivity contribution in [3.8, 4) is 0 Å². The second-order valence-electron chi connectivity index (χ2n) is 5.39. The average Bonchev–Trinajstić information content (AvgIpc) is 2.40. The summed E-state index contributed by atoms with van der Waals surface area (Å²) in [5.74, 6) is -3.21. The van der Waals surface area contributed by atoms with Crippen molar-refractivity contribution in [2.45, 2.75) is 38.7 Å². The Bertz CT molecular complexity index is 367. The van der Waals surface area contributed by atoms with Crippen LogP contribution in [0.25, 0.3) is 0 Å². The van der Waals surface area contributed by atoms with Crippen molar-refractivity contribution in [1.29, 1.82) is 0 Å². The van der Waals surface area contributed by atoms with Gasteiger partial charge in [0.15, 0.2) is 0 Å². The molecule has 2 rings (SSSR count). The van der Waals surface area contributed by atoms with E-state index < -0.39 is 11.8 Å². The Morgan fingerprint density at radius 3 is 2.17 bits per heavy atom. The first-order chi connectivity index (χ1) is 8.51. The maximum Gasteiger partial charge on any atom is 0.276 e. The molecule has 0 spiro atoms. The average molecular weight is 253 g/mol. The Kier molecular flexibility index (Phi) is 4.00. The molecule has 1 aliphatic rings. The molecule has 1 fully saturated rings. The summed E-state index contributed by atoms with van der Waals surface area (Å²) in [5, 5.41) is 0. The highest BCUT2D eigenvalue weighted by atomic mass is 19.3. The van der Waals surface area contributed by atoms with Gasteiger partial charge < -0.3 is 4.90 Å². The summed E-state index contributed by atoms with van der Waals surface area (Å²) < 4.78 is 28.7. The highest BCUT2D eigenvalue weighted by Crippen LogP contribution is 2.41. The topological polar surface area (TPSA) is 3.24 Å². The molecule has 0 saturated carbocycles. The van der Waals surface area contributed by atoms with Gasteiger partial charge in [0.25, 0.3) is 5.92 Å². The normalized spacial score (nSPS) is 19.4. The van der Waals surface area contributed by atoms with Crippen molar-refractivity contribution in [2.24, 2.45) is 5.92 Å². The lowest BCUT2D eigenvalue weighted by Gasteiger charge is -2.37. The lowest BCUT2D eigenvalue weighted by molar-refractivity contribution is -0.0875. The van der Waals surface area contributed by atoms with E-state index in [1.54, 1.807) is 18.2 Å². The third kappa shape index (κ3) is 2.72. The fourth-order valence-electron chi connectivity index (χ4n) is 2.67. The summed E-state index contributed by atoms with van der Waals surface area (Å²) in [5.41, 5.74) is 0.160. The number of halogens is 2. The van der Waals surface area contributed by atoms with E-state index in [0.29, 0.717) is 18.9 Å². The van der Waals surface area contributed by atoms with E-state index in [4.69, 9.17) is 0 Å². The minimum atomic E-state index is -2.69. The van der Waals surface area contributed by atoms with Crippen molar-refractivity contribution < 1.29 is 8.78 Å². The van der Waals surface area contributed by atoms with Crippen molar-refractivity contribution >= 4 is 0 Å². The Hall–Kier alpha value is -0.960. The minimum absolute atomic E-state index is 0.160. The standard InChI is InChI=1S/C15H21F2N/c1-12(2)18-10-8-14(9-11-18)15(16,17)13-6-4-3-5-7-13/h3-7,12,14H,8-11H2,1-2H3. The molecule has 1 aromatic rings. The molecule has 1 nitrogen and oxygen atoms in total. The van der Waals surface area contributed by atoms with Gasteiger partial charge in [0.1, 0.15) is 0 Å². The number of hydrogen-bond donors (Lipinski definition) is 0. The van der Waals surface area contributed by atoms with Gasteiger partial charge in [-0.3, -0.25) is 0 Å². The molecular weight excluding hydrogens is 232 g/mol. The lowest BCUT2D eigenvalue weighted by atomic mass is 9.86. The molecule has 1 saturated heterocycles. The number of rotatable bonds is 3. The maximum atomic E-state index is 14.4. The third-order valence-electron chi connectivity index (χ3n) is 3.93. The van der Waals surface area contributed by atoms with Crippen LogP contribution in [-0.2, 0) is 5.92 Å². The smallest absolute Gasteiger partial charge is 0.276 e. The first kappa shape index (κ1) is 13.5. The third-order valence-corrected chi connectivity index (χ3v) is 3.93. The van der Waals surface area contributed by atoms with Crippen LogP contribution in [0.3, 0.4) is 0 Å². The van der Waals surface area contributed by atoms with Gasteiger partial charge in [-0.25, -0.2) is 8.78 Å². The number of piperidine rings is 1. The van der Waals surface area contributed by atoms with E-state index in [2.05, 4.69) is 18.7 Å². The van der Waals surface area contributed by atoms with Crippen molar-refractivity contribution in [2.75, 3.05) is 13.1 Å². The molecule has 0 aliphatic carbocycles. The number of hydrogen-bond acceptors (Lipinski definition) is 1. The summed E-state index contributed by atoms with van der Waals surface area (Å²) in [4.78, 5) is 2.28. The van der Waals surface area contributed by atoms with Gasteiger partial charge in [-0.1, -0.05) is 30.3 Å². The zero-order valence-electron chi connectivity index (χ0n) is 11.1. The summed E-state index contributed by atoms with van der Waals surface area (Å²) in [6.07, 6.45) is 1.17. The number of alkyl halides is 2. The van der Waals surface area contributed by atoms with E-state index in [1.165, 1.54) is 12.1 Å². The van der Waals surface area contributed by atoms with Gasteiger partial charge in [0.05, 0.1) is 0 Å². The van der Waals surface area contributed by atoms with E-state index >= 15 is 0 Å². The van der Waals surface area contributed by atoms with Crippen LogP contribution in [0.15, 0.2) is 30.3 Å². The SMILES string of the molecule is CC(C)N1CCC(C(F)(F)c2ccccc2)CC1. The molecule has 1 aliphatic heterocycles. The van der Waals surface area contributed by atoms with Crippen LogP contribution in [-0.4, -0.2) is 24.0 Å². The van der Waals surface area contributed by atoms with E-state index in [9.17, 15) is 8.78 Å². The summed E-state index contributed by atoms with van der Waals surface area (Å²) in [7, 11) is 0. The lowest BCUT2D eigenvalue weighted by Crippen LogP contribution is -2.42. The fourth-order valence-corrected chi connectivity index (χ4v) is 2.67. The molecule has 3 heteroatoms. The number of nitrogens with zero attached hydrogens (tertiary/aromatic N) is 1. The van der Waals surface area contributed by atoms with Gasteiger partial charge >= 0.3 is 0 Å². The molecule has 0 atom stereocenters. The van der Waals surface area contributed by atoms with Crippen molar-refractivity contribution in [3.05, 3.63) is 35.9 Å². The molecule has 18 heavy (non-hydrogen) atoms. The summed E-state index contributed by atoms with van der Waals surface area (Å²) in [6.45, 7) is 5.81. The molecule has 1 aromatic carbocycles. The Morgan fingerprint density at radius 1 is 1.11 bits per heavy atom. The van der Waals surface area contributed by atoms with E-state index in [0.717, 1.165) is 13.1 Å². The van der Waals surface area contributed by atoms with Gasteiger partial charge in [0.2, 0.25) is 0 Å².